The predicted octanol–water partition coefficient (Wildman–Crippen LogP) is 1.29. The number of Topliss-reactive ketones (excluding diaryl/α,β-unsaturated/α-hetero) is 2. The summed E-state index contributed by atoms with van der Waals surface area (Å²) < 4.78 is 0. The lowest BCUT2D eigenvalue weighted by Crippen LogP contribution is -2.50. The van der Waals surface area contributed by atoms with Crippen molar-refractivity contribution >= 4 is 22.9 Å². The summed E-state index contributed by atoms with van der Waals surface area (Å²) in [5.41, 5.74) is -3.86. The van der Waals surface area contributed by atoms with Crippen LogP contribution in [0.4, 0.5) is 11.4 Å². The van der Waals surface area contributed by atoms with Crippen molar-refractivity contribution in [3.05, 3.63) is 79.9 Å². The van der Waals surface area contributed by atoms with Crippen LogP contribution in [0.3, 0.4) is 0 Å². The zero-order chi connectivity index (χ0) is 19.5. The molecule has 0 atom stereocenters. The Kier molecular flexibility index (Phi) is 5.19. The molecule has 2 rings (SSSR count). The SMILES string of the molecule is O=C(c1ccc([N+](=O)[O-])cc1)C(O)(CO)C(=O)c1ccc([N+](=O)[O-])cc1. The normalized spacial score (nSPS) is 11.0. The number of ketones is 2. The molecule has 0 bridgehead atoms. The third kappa shape index (κ3) is 3.45. The Morgan fingerprint density at radius 1 is 0.808 bits per heavy atom. The molecule has 10 nitrogen and oxygen atoms in total. The van der Waals surface area contributed by atoms with Crippen LogP contribution in [0.25, 0.3) is 0 Å². The molecule has 0 unspecified atom stereocenters. The summed E-state index contributed by atoms with van der Waals surface area (Å²) in [6.07, 6.45) is 0. The maximum atomic E-state index is 12.5. The number of carbonyl (C=O) groups is 2. The fourth-order valence-electron chi connectivity index (χ4n) is 2.19. The number of nitrogens with zero attached hydrogens (tertiary/aromatic N) is 2. The van der Waals surface area contributed by atoms with E-state index in [0.717, 1.165) is 48.5 Å². The minimum atomic E-state index is -2.83. The Hall–Kier alpha value is -3.50. The van der Waals surface area contributed by atoms with Gasteiger partial charge in [0.15, 0.2) is 0 Å². The Labute approximate surface area is 145 Å². The van der Waals surface area contributed by atoms with Gasteiger partial charge in [0.2, 0.25) is 17.2 Å². The van der Waals surface area contributed by atoms with Crippen LogP contribution in [-0.2, 0) is 0 Å². The van der Waals surface area contributed by atoms with Gasteiger partial charge in [0, 0.05) is 35.4 Å². The van der Waals surface area contributed by atoms with E-state index >= 15 is 0 Å². The van der Waals surface area contributed by atoms with Crippen molar-refractivity contribution in [1.29, 1.82) is 0 Å². The van der Waals surface area contributed by atoms with E-state index in [4.69, 9.17) is 0 Å². The zero-order valence-corrected chi connectivity index (χ0v) is 13.1. The molecule has 0 amide bonds. The van der Waals surface area contributed by atoms with Gasteiger partial charge >= 0.3 is 0 Å². The number of hydrogen-bond acceptors (Lipinski definition) is 8. The van der Waals surface area contributed by atoms with Gasteiger partial charge in [-0.1, -0.05) is 0 Å². The standard InChI is InChI=1S/C16H12N2O8/c19-9-16(22,14(20)10-1-5-12(6-2-10)17(23)24)15(21)11-3-7-13(8-4-11)18(25)26/h1-8,19,22H,9H2. The van der Waals surface area contributed by atoms with E-state index in [1.54, 1.807) is 0 Å². The summed E-state index contributed by atoms with van der Waals surface area (Å²) in [6, 6.07) is 8.24. The number of nitro benzene ring substituents is 2. The topological polar surface area (TPSA) is 161 Å². The van der Waals surface area contributed by atoms with Crippen LogP contribution in [0.15, 0.2) is 48.5 Å². The molecular weight excluding hydrogens is 348 g/mol. The van der Waals surface area contributed by atoms with Gasteiger partial charge < -0.3 is 10.2 Å². The van der Waals surface area contributed by atoms with Crippen molar-refractivity contribution in [2.75, 3.05) is 6.61 Å². The summed E-state index contributed by atoms with van der Waals surface area (Å²) in [5.74, 6) is -2.31. The second kappa shape index (κ2) is 7.17. The number of aliphatic hydroxyl groups excluding tert-OH is 1. The van der Waals surface area contributed by atoms with Crippen LogP contribution >= 0.6 is 0 Å². The van der Waals surface area contributed by atoms with Gasteiger partial charge in [0.25, 0.3) is 11.4 Å². The number of rotatable bonds is 7. The molecular formula is C16H12N2O8. The van der Waals surface area contributed by atoms with Crippen LogP contribution in [-0.4, -0.2) is 43.8 Å². The summed E-state index contributed by atoms with van der Waals surface area (Å²) in [4.78, 5) is 44.8. The van der Waals surface area contributed by atoms with E-state index in [0.29, 0.717) is 0 Å². The van der Waals surface area contributed by atoms with E-state index in [1.165, 1.54) is 0 Å². The molecule has 2 aromatic rings. The highest BCUT2D eigenvalue weighted by molar-refractivity contribution is 6.22. The van der Waals surface area contributed by atoms with Crippen molar-refractivity contribution in [2.24, 2.45) is 0 Å². The largest absolute Gasteiger partial charge is 0.392 e. The van der Waals surface area contributed by atoms with Gasteiger partial charge in [-0.25, -0.2) is 0 Å². The molecule has 0 spiro atoms. The molecule has 0 saturated heterocycles. The first-order valence-electron chi connectivity index (χ1n) is 7.12. The third-order valence-corrected chi connectivity index (χ3v) is 3.66. The second-order valence-electron chi connectivity index (χ2n) is 5.28. The summed E-state index contributed by atoms with van der Waals surface area (Å²) in [5, 5.41) is 41.1. The fraction of sp³-hybridized carbons (Fsp3) is 0.125. The lowest BCUT2D eigenvalue weighted by molar-refractivity contribution is -0.385. The zero-order valence-electron chi connectivity index (χ0n) is 13.1. The average Bonchev–Trinajstić information content (AvgIpc) is 2.66. The molecule has 0 fully saturated rings. The van der Waals surface area contributed by atoms with E-state index in [9.17, 15) is 40.0 Å². The van der Waals surface area contributed by atoms with Crippen LogP contribution in [0.2, 0.25) is 0 Å². The number of aliphatic hydroxyl groups is 2. The van der Waals surface area contributed by atoms with Gasteiger partial charge in [0.05, 0.1) is 16.5 Å². The quantitative estimate of drug-likeness (QED) is 0.323. The monoisotopic (exact) mass is 360 g/mol. The highest BCUT2D eigenvalue weighted by Gasteiger charge is 2.44. The second-order valence-corrected chi connectivity index (χ2v) is 5.28. The Bertz CT molecular complexity index is 805. The van der Waals surface area contributed by atoms with Gasteiger partial charge in [-0.3, -0.25) is 29.8 Å². The van der Waals surface area contributed by atoms with Gasteiger partial charge in [-0.2, -0.15) is 0 Å². The first-order chi connectivity index (χ1) is 12.2. The molecule has 0 aliphatic heterocycles. The van der Waals surface area contributed by atoms with Crippen LogP contribution < -0.4 is 0 Å². The number of nitro groups is 2. The molecule has 0 aromatic heterocycles. The predicted molar refractivity (Wildman–Crippen MR) is 86.9 cm³/mol. The van der Waals surface area contributed by atoms with Gasteiger partial charge in [-0.05, 0) is 24.3 Å². The Balaban J connectivity index is 2.35. The molecule has 134 valence electrons. The molecule has 2 aromatic carbocycles. The van der Waals surface area contributed by atoms with E-state index in [-0.39, 0.29) is 22.5 Å². The Morgan fingerprint density at radius 2 is 1.12 bits per heavy atom. The minimum Gasteiger partial charge on any atom is -0.392 e. The third-order valence-electron chi connectivity index (χ3n) is 3.66. The van der Waals surface area contributed by atoms with Gasteiger partial charge in [-0.15, -0.1) is 0 Å². The molecule has 2 N–H and O–H groups in total. The van der Waals surface area contributed by atoms with Crippen LogP contribution in [0.5, 0.6) is 0 Å². The minimum absolute atomic E-state index is 0.220. The molecule has 0 aliphatic rings. The number of carbonyl (C=O) groups excluding carboxylic acids is 2. The highest BCUT2D eigenvalue weighted by Crippen LogP contribution is 2.22. The van der Waals surface area contributed by atoms with Crippen molar-refractivity contribution in [1.82, 2.24) is 0 Å². The molecule has 0 radical (unpaired) electrons. The van der Waals surface area contributed by atoms with Crippen molar-refractivity contribution in [3.63, 3.8) is 0 Å². The van der Waals surface area contributed by atoms with E-state index in [2.05, 4.69) is 0 Å². The van der Waals surface area contributed by atoms with Gasteiger partial charge in [0.1, 0.15) is 0 Å². The molecule has 0 heterocycles. The summed E-state index contributed by atoms with van der Waals surface area (Å²) in [7, 11) is 0. The maximum Gasteiger partial charge on any atom is 0.269 e. The van der Waals surface area contributed by atoms with Crippen molar-refractivity contribution in [3.8, 4) is 0 Å². The molecule has 10 heteroatoms. The van der Waals surface area contributed by atoms with Crippen LogP contribution in [0, 0.1) is 20.2 Å². The number of hydrogen-bond donors (Lipinski definition) is 2. The molecule has 26 heavy (non-hydrogen) atoms. The molecule has 0 aliphatic carbocycles. The van der Waals surface area contributed by atoms with E-state index in [1.807, 2.05) is 0 Å². The smallest absolute Gasteiger partial charge is 0.269 e. The average molecular weight is 360 g/mol. The summed E-state index contributed by atoms with van der Waals surface area (Å²) in [6.45, 7) is -1.24. The lowest BCUT2D eigenvalue weighted by Gasteiger charge is -2.22. The van der Waals surface area contributed by atoms with E-state index < -0.39 is 33.6 Å². The number of benzene rings is 2. The van der Waals surface area contributed by atoms with Crippen molar-refractivity contribution < 1.29 is 29.6 Å². The summed E-state index contributed by atoms with van der Waals surface area (Å²) >= 11 is 0. The first kappa shape index (κ1) is 18.8. The fourth-order valence-corrected chi connectivity index (χ4v) is 2.19. The maximum absolute atomic E-state index is 12.5. The lowest BCUT2D eigenvalue weighted by atomic mass is 9.86. The first-order valence-corrected chi connectivity index (χ1v) is 7.12. The van der Waals surface area contributed by atoms with Crippen LogP contribution in [0.1, 0.15) is 20.7 Å². The van der Waals surface area contributed by atoms with Crippen molar-refractivity contribution in [2.45, 2.75) is 5.60 Å². The highest BCUT2D eigenvalue weighted by atomic mass is 16.6. The molecule has 0 saturated carbocycles. The Morgan fingerprint density at radius 3 is 1.35 bits per heavy atom. The number of non-ortho nitro benzene ring substituents is 2.